The van der Waals surface area contributed by atoms with Crippen molar-refractivity contribution in [2.75, 3.05) is 0 Å². The van der Waals surface area contributed by atoms with Crippen LogP contribution in [0.25, 0.3) is 0 Å². The van der Waals surface area contributed by atoms with Crippen molar-refractivity contribution in [1.82, 2.24) is 0 Å². The first-order valence-corrected chi connectivity index (χ1v) is 16.3. The molecule has 0 N–H and O–H groups in total. The first-order chi connectivity index (χ1) is 16.3. The molecule has 0 nitrogen and oxygen atoms in total. The Morgan fingerprint density at radius 2 is 0.424 bits per heavy atom. The molecule has 0 fully saturated rings. The second kappa shape index (κ2) is 30.0. The molecule has 0 spiro atoms. The van der Waals surface area contributed by atoms with Crippen LogP contribution in [0.3, 0.4) is 0 Å². The van der Waals surface area contributed by atoms with Crippen LogP contribution in [0.4, 0.5) is 0 Å². The van der Waals surface area contributed by atoms with Gasteiger partial charge in [-0.1, -0.05) is 207 Å². The van der Waals surface area contributed by atoms with E-state index in [1.807, 2.05) is 0 Å². The minimum atomic E-state index is 1.04. The van der Waals surface area contributed by atoms with Crippen molar-refractivity contribution in [3.63, 3.8) is 0 Å². The third-order valence-electron chi connectivity index (χ3n) is 7.90. The summed E-state index contributed by atoms with van der Waals surface area (Å²) >= 11 is 0. The fraction of sp³-hybridized carbons (Fsp3) is 1.00. The van der Waals surface area contributed by atoms with Crippen molar-refractivity contribution in [1.29, 1.82) is 0 Å². The molecule has 0 atom stereocenters. The lowest BCUT2D eigenvalue weighted by molar-refractivity contribution is 0.365. The van der Waals surface area contributed by atoms with Gasteiger partial charge in [-0.3, -0.25) is 0 Å². The summed E-state index contributed by atoms with van der Waals surface area (Å²) in [6, 6.07) is 0. The molecular weight excluding hydrogens is 396 g/mol. The van der Waals surface area contributed by atoms with Gasteiger partial charge in [0, 0.05) is 0 Å². The molecule has 0 aromatic carbocycles. The van der Waals surface area contributed by atoms with Crippen LogP contribution in [-0.4, -0.2) is 0 Å². The molecule has 33 heavy (non-hydrogen) atoms. The van der Waals surface area contributed by atoms with Crippen molar-refractivity contribution < 1.29 is 0 Å². The molecule has 0 aliphatic carbocycles. The summed E-state index contributed by atoms with van der Waals surface area (Å²) in [6.07, 6.45) is 42.8. The second-order valence-corrected chi connectivity index (χ2v) is 11.4. The summed E-state index contributed by atoms with van der Waals surface area (Å²) in [6.45, 7) is 6.96. The maximum Gasteiger partial charge on any atom is -0.0414 e. The van der Waals surface area contributed by atoms with Gasteiger partial charge in [-0.25, -0.2) is 0 Å². The Kier molecular flexibility index (Phi) is 30.0. The van der Waals surface area contributed by atoms with Gasteiger partial charge in [-0.15, -0.1) is 0 Å². The lowest BCUT2D eigenvalue weighted by atomic mass is 9.89. The zero-order chi connectivity index (χ0) is 24.1. The highest BCUT2D eigenvalue weighted by Crippen LogP contribution is 2.25. The van der Waals surface area contributed by atoms with Crippen molar-refractivity contribution in [3.05, 3.63) is 0 Å². The highest BCUT2D eigenvalue weighted by Gasteiger charge is 2.09. The van der Waals surface area contributed by atoms with Crippen LogP contribution in [0.1, 0.15) is 207 Å². The summed E-state index contributed by atoms with van der Waals surface area (Å²) in [7, 11) is 0. The highest BCUT2D eigenvalue weighted by atomic mass is 14.1. The molecule has 0 heteroatoms. The summed E-state index contributed by atoms with van der Waals surface area (Å²) in [4.78, 5) is 0. The van der Waals surface area contributed by atoms with Gasteiger partial charge in [0.15, 0.2) is 0 Å². The van der Waals surface area contributed by atoms with Crippen molar-refractivity contribution in [3.8, 4) is 0 Å². The quantitative estimate of drug-likeness (QED) is 0.0965. The van der Waals surface area contributed by atoms with Crippen molar-refractivity contribution >= 4 is 0 Å². The molecule has 0 amide bonds. The van der Waals surface area contributed by atoms with E-state index >= 15 is 0 Å². The fourth-order valence-electron chi connectivity index (χ4n) is 5.49. The third kappa shape index (κ3) is 28.1. The minimum absolute atomic E-state index is 1.04. The molecule has 0 rings (SSSR count). The summed E-state index contributed by atoms with van der Waals surface area (Å²) in [5, 5.41) is 0. The van der Waals surface area contributed by atoms with Gasteiger partial charge in [-0.05, 0) is 5.92 Å². The van der Waals surface area contributed by atoms with Crippen molar-refractivity contribution in [2.45, 2.75) is 207 Å². The van der Waals surface area contributed by atoms with Gasteiger partial charge in [0.1, 0.15) is 0 Å². The van der Waals surface area contributed by atoms with E-state index in [0.29, 0.717) is 0 Å². The van der Waals surface area contributed by atoms with Crippen LogP contribution in [0.5, 0.6) is 0 Å². The molecule has 0 aliphatic heterocycles. The van der Waals surface area contributed by atoms with E-state index in [-0.39, 0.29) is 0 Å². The zero-order valence-electron chi connectivity index (χ0n) is 24.1. The van der Waals surface area contributed by atoms with Crippen LogP contribution >= 0.6 is 0 Å². The van der Waals surface area contributed by atoms with Gasteiger partial charge in [0.05, 0.1) is 0 Å². The molecule has 0 saturated heterocycles. The molecular formula is C33H68. The Labute approximate surface area is 212 Å². The zero-order valence-corrected chi connectivity index (χ0v) is 24.1. The normalized spacial score (nSPS) is 11.6. The first kappa shape index (κ1) is 33.0. The Morgan fingerprint density at radius 1 is 0.242 bits per heavy atom. The first-order valence-electron chi connectivity index (χ1n) is 16.3. The van der Waals surface area contributed by atoms with E-state index in [1.165, 1.54) is 186 Å². The molecule has 0 radical (unpaired) electrons. The Bertz CT molecular complexity index is 300. The predicted molar refractivity (Wildman–Crippen MR) is 154 cm³/mol. The summed E-state index contributed by atoms with van der Waals surface area (Å²) < 4.78 is 0. The Hall–Kier alpha value is 0. The smallest absolute Gasteiger partial charge is 0.0414 e. The van der Waals surface area contributed by atoms with Crippen LogP contribution in [0.2, 0.25) is 0 Å². The molecule has 0 unspecified atom stereocenters. The SMILES string of the molecule is CCCCCCCCCCCCC(CCCCCCCCCC)CCCCCCCCCC. The number of hydrogen-bond acceptors (Lipinski definition) is 0. The third-order valence-corrected chi connectivity index (χ3v) is 7.90. The molecule has 0 bridgehead atoms. The largest absolute Gasteiger partial charge is 0.0654 e. The maximum absolute atomic E-state index is 2.32. The lowest BCUT2D eigenvalue weighted by Crippen LogP contribution is -2.01. The topological polar surface area (TPSA) is 0 Å². The van der Waals surface area contributed by atoms with Gasteiger partial charge in [0.25, 0.3) is 0 Å². The summed E-state index contributed by atoms with van der Waals surface area (Å²) in [5.41, 5.74) is 0. The average molecular weight is 465 g/mol. The maximum atomic E-state index is 2.32. The lowest BCUT2D eigenvalue weighted by Gasteiger charge is -2.17. The van der Waals surface area contributed by atoms with E-state index in [1.54, 1.807) is 0 Å². The van der Waals surface area contributed by atoms with E-state index in [0.717, 1.165) is 5.92 Å². The molecule has 0 saturated carbocycles. The van der Waals surface area contributed by atoms with Crippen LogP contribution < -0.4 is 0 Å². The molecule has 0 heterocycles. The summed E-state index contributed by atoms with van der Waals surface area (Å²) in [5.74, 6) is 1.04. The number of rotatable bonds is 29. The van der Waals surface area contributed by atoms with Gasteiger partial charge < -0.3 is 0 Å². The standard InChI is InChI=1S/C33H68/c1-4-7-10-13-16-19-20-23-26-29-32-33(30-27-24-21-17-14-11-8-5-2)31-28-25-22-18-15-12-9-6-3/h33H,4-32H2,1-3H3. The van der Waals surface area contributed by atoms with E-state index in [4.69, 9.17) is 0 Å². The van der Waals surface area contributed by atoms with Gasteiger partial charge in [0.2, 0.25) is 0 Å². The van der Waals surface area contributed by atoms with E-state index in [9.17, 15) is 0 Å². The molecule has 0 aromatic rings. The average Bonchev–Trinajstić information content (AvgIpc) is 2.83. The fourth-order valence-corrected chi connectivity index (χ4v) is 5.49. The van der Waals surface area contributed by atoms with Crippen LogP contribution in [0, 0.1) is 5.92 Å². The van der Waals surface area contributed by atoms with Crippen molar-refractivity contribution in [2.24, 2.45) is 5.92 Å². The molecule has 0 aliphatic rings. The number of hydrogen-bond donors (Lipinski definition) is 0. The van der Waals surface area contributed by atoms with E-state index < -0.39 is 0 Å². The highest BCUT2D eigenvalue weighted by molar-refractivity contribution is 4.62. The number of unbranched alkanes of at least 4 members (excludes halogenated alkanes) is 23. The minimum Gasteiger partial charge on any atom is -0.0654 e. The van der Waals surface area contributed by atoms with Gasteiger partial charge >= 0.3 is 0 Å². The Morgan fingerprint density at radius 3 is 0.636 bits per heavy atom. The van der Waals surface area contributed by atoms with Gasteiger partial charge in [-0.2, -0.15) is 0 Å². The molecule has 200 valence electrons. The van der Waals surface area contributed by atoms with E-state index in [2.05, 4.69) is 20.8 Å². The predicted octanol–water partition coefficient (Wildman–Crippen LogP) is 13.0. The van der Waals surface area contributed by atoms with Crippen LogP contribution in [-0.2, 0) is 0 Å². The Balaban J connectivity index is 3.83. The second-order valence-electron chi connectivity index (χ2n) is 11.4. The van der Waals surface area contributed by atoms with Crippen LogP contribution in [0.15, 0.2) is 0 Å². The molecule has 0 aromatic heterocycles. The monoisotopic (exact) mass is 465 g/mol.